The number of hydrogen-bond acceptors (Lipinski definition) is 2. The van der Waals surface area contributed by atoms with E-state index in [1.54, 1.807) is 0 Å². The molecule has 0 saturated carbocycles. The lowest BCUT2D eigenvalue weighted by molar-refractivity contribution is -0.184. The van der Waals surface area contributed by atoms with Gasteiger partial charge in [-0.15, -0.1) is 0 Å². The molecule has 1 heterocycles. The van der Waals surface area contributed by atoms with Crippen LogP contribution in [0.2, 0.25) is 0 Å². The smallest absolute Gasteiger partial charge is 0.345 e. The maximum absolute atomic E-state index is 13.6. The lowest BCUT2D eigenvalue weighted by Crippen LogP contribution is -2.31. The van der Waals surface area contributed by atoms with E-state index in [1.807, 2.05) is 0 Å². The molecular weight excluding hydrogens is 276 g/mol. The Balaban J connectivity index is 2.05. The van der Waals surface area contributed by atoms with Crippen LogP contribution in [-0.4, -0.2) is 18.8 Å². The van der Waals surface area contributed by atoms with Gasteiger partial charge in [-0.2, -0.15) is 8.78 Å². The number of alkyl halides is 2. The molecule has 0 unspecified atom stereocenters. The number of benzene rings is 1. The summed E-state index contributed by atoms with van der Waals surface area (Å²) in [6, 6.07) is 3.29. The summed E-state index contributed by atoms with van der Waals surface area (Å²) in [7, 11) is 0. The second-order valence-electron chi connectivity index (χ2n) is 4.58. The SMILES string of the molecule is C[C@H](OC(F)F)[C@@H]1CCC(c2ccc(F)cc2F)=CO1. The molecule has 1 aromatic rings. The van der Waals surface area contributed by atoms with Crippen LogP contribution in [0.4, 0.5) is 17.6 Å². The third-order valence-electron chi connectivity index (χ3n) is 3.20. The zero-order chi connectivity index (χ0) is 14.7. The van der Waals surface area contributed by atoms with Gasteiger partial charge in [-0.25, -0.2) is 8.78 Å². The third-order valence-corrected chi connectivity index (χ3v) is 3.20. The van der Waals surface area contributed by atoms with Gasteiger partial charge in [0.25, 0.3) is 0 Å². The van der Waals surface area contributed by atoms with Crippen LogP contribution in [-0.2, 0) is 9.47 Å². The molecule has 0 saturated heterocycles. The Morgan fingerprint density at radius 2 is 2.05 bits per heavy atom. The van der Waals surface area contributed by atoms with Gasteiger partial charge < -0.3 is 9.47 Å². The monoisotopic (exact) mass is 290 g/mol. The van der Waals surface area contributed by atoms with Gasteiger partial charge in [-0.1, -0.05) is 0 Å². The summed E-state index contributed by atoms with van der Waals surface area (Å²) in [5, 5.41) is 0. The first kappa shape index (κ1) is 14.8. The molecule has 0 aromatic heterocycles. The van der Waals surface area contributed by atoms with Crippen molar-refractivity contribution in [3.8, 4) is 0 Å². The van der Waals surface area contributed by atoms with Crippen LogP contribution in [0.3, 0.4) is 0 Å². The van der Waals surface area contributed by atoms with E-state index >= 15 is 0 Å². The number of rotatable bonds is 4. The van der Waals surface area contributed by atoms with Crippen molar-refractivity contribution in [3.05, 3.63) is 41.7 Å². The largest absolute Gasteiger partial charge is 0.495 e. The van der Waals surface area contributed by atoms with E-state index < -0.39 is 30.5 Å². The van der Waals surface area contributed by atoms with Gasteiger partial charge in [0, 0.05) is 11.6 Å². The number of hydrogen-bond donors (Lipinski definition) is 0. The molecule has 1 aliphatic rings. The molecular formula is C14H14F4O2. The molecule has 1 aliphatic heterocycles. The molecule has 1 aromatic carbocycles. The summed E-state index contributed by atoms with van der Waals surface area (Å²) < 4.78 is 60.3. The predicted molar refractivity (Wildman–Crippen MR) is 65.0 cm³/mol. The minimum Gasteiger partial charge on any atom is -0.495 e. The number of halogens is 4. The van der Waals surface area contributed by atoms with Crippen molar-refractivity contribution < 1.29 is 27.0 Å². The van der Waals surface area contributed by atoms with E-state index in [2.05, 4.69) is 4.74 Å². The molecule has 6 heteroatoms. The zero-order valence-electron chi connectivity index (χ0n) is 10.8. The Morgan fingerprint density at radius 3 is 2.60 bits per heavy atom. The van der Waals surface area contributed by atoms with Gasteiger partial charge in [0.05, 0.1) is 12.4 Å². The molecule has 20 heavy (non-hydrogen) atoms. The van der Waals surface area contributed by atoms with Gasteiger partial charge in [0.1, 0.15) is 17.7 Å². The first-order valence-corrected chi connectivity index (χ1v) is 6.21. The summed E-state index contributed by atoms with van der Waals surface area (Å²) in [6.45, 7) is -1.36. The average Bonchev–Trinajstić information content (AvgIpc) is 2.38. The van der Waals surface area contributed by atoms with E-state index in [0.29, 0.717) is 18.4 Å². The van der Waals surface area contributed by atoms with Gasteiger partial charge in [-0.05, 0) is 37.5 Å². The van der Waals surface area contributed by atoms with Gasteiger partial charge >= 0.3 is 6.61 Å². The third kappa shape index (κ3) is 3.50. The molecule has 110 valence electrons. The van der Waals surface area contributed by atoms with Crippen LogP contribution in [0, 0.1) is 11.6 Å². The lowest BCUT2D eigenvalue weighted by Gasteiger charge is -2.28. The maximum Gasteiger partial charge on any atom is 0.345 e. The molecule has 0 bridgehead atoms. The summed E-state index contributed by atoms with van der Waals surface area (Å²) in [4.78, 5) is 0. The van der Waals surface area contributed by atoms with Crippen molar-refractivity contribution in [1.29, 1.82) is 0 Å². The molecule has 2 atom stereocenters. The fourth-order valence-electron chi connectivity index (χ4n) is 2.14. The molecule has 0 fully saturated rings. The van der Waals surface area contributed by atoms with Crippen LogP contribution in [0.15, 0.2) is 24.5 Å². The quantitative estimate of drug-likeness (QED) is 0.777. The maximum atomic E-state index is 13.6. The summed E-state index contributed by atoms with van der Waals surface area (Å²) in [5.74, 6) is -1.32. The van der Waals surface area contributed by atoms with E-state index in [1.165, 1.54) is 19.3 Å². The van der Waals surface area contributed by atoms with Crippen LogP contribution in [0.1, 0.15) is 25.3 Å². The normalized spacial score (nSPS) is 20.5. The first-order valence-electron chi connectivity index (χ1n) is 6.21. The van der Waals surface area contributed by atoms with Gasteiger partial charge in [0.15, 0.2) is 0 Å². The minimum atomic E-state index is -2.85. The van der Waals surface area contributed by atoms with Crippen LogP contribution in [0.5, 0.6) is 0 Å². The van der Waals surface area contributed by atoms with Crippen molar-refractivity contribution in [2.45, 2.75) is 38.6 Å². The van der Waals surface area contributed by atoms with Crippen LogP contribution in [0.25, 0.3) is 5.57 Å². The van der Waals surface area contributed by atoms with Crippen molar-refractivity contribution in [3.63, 3.8) is 0 Å². The standard InChI is InChI=1S/C14H14F4O2/c1-8(20-14(17)18)13-5-2-9(7-19-13)11-4-3-10(15)6-12(11)16/h3-4,6-8,13-14H,2,5H2,1H3/t8-,13-/m0/s1. The molecule has 0 radical (unpaired) electrons. The number of allylic oxidation sites excluding steroid dienone is 1. The molecule has 0 aliphatic carbocycles. The van der Waals surface area contributed by atoms with E-state index in [-0.39, 0.29) is 5.56 Å². The van der Waals surface area contributed by atoms with Crippen LogP contribution >= 0.6 is 0 Å². The van der Waals surface area contributed by atoms with E-state index in [0.717, 1.165) is 12.1 Å². The van der Waals surface area contributed by atoms with Gasteiger partial charge in [0.2, 0.25) is 0 Å². The number of ether oxygens (including phenoxy) is 2. The Labute approximate surface area is 114 Å². The van der Waals surface area contributed by atoms with Crippen molar-refractivity contribution in [1.82, 2.24) is 0 Å². The molecule has 2 nitrogen and oxygen atoms in total. The highest BCUT2D eigenvalue weighted by Crippen LogP contribution is 2.30. The Kier molecular flexibility index (Phi) is 4.65. The lowest BCUT2D eigenvalue weighted by atomic mass is 9.96. The zero-order valence-corrected chi connectivity index (χ0v) is 10.8. The molecule has 0 spiro atoms. The first-order chi connectivity index (χ1) is 9.47. The summed E-state index contributed by atoms with van der Waals surface area (Å²) in [6.07, 6.45) is 0.943. The second-order valence-corrected chi connectivity index (χ2v) is 4.58. The van der Waals surface area contributed by atoms with Crippen molar-refractivity contribution in [2.24, 2.45) is 0 Å². The fraction of sp³-hybridized carbons (Fsp3) is 0.429. The summed E-state index contributed by atoms with van der Waals surface area (Å²) >= 11 is 0. The Hall–Kier alpha value is -1.56. The fourth-order valence-corrected chi connectivity index (χ4v) is 2.14. The summed E-state index contributed by atoms with van der Waals surface area (Å²) in [5.41, 5.74) is 0.829. The van der Waals surface area contributed by atoms with E-state index in [9.17, 15) is 17.6 Å². The predicted octanol–water partition coefficient (Wildman–Crippen LogP) is 4.11. The van der Waals surface area contributed by atoms with Gasteiger partial charge in [-0.3, -0.25) is 0 Å². The second kappa shape index (κ2) is 6.26. The van der Waals surface area contributed by atoms with Crippen LogP contribution < -0.4 is 0 Å². The van der Waals surface area contributed by atoms with E-state index in [4.69, 9.17) is 4.74 Å². The Bertz CT molecular complexity index is 502. The molecule has 0 amide bonds. The molecule has 0 N–H and O–H groups in total. The van der Waals surface area contributed by atoms with Crippen molar-refractivity contribution >= 4 is 5.57 Å². The minimum absolute atomic E-state index is 0.257. The highest BCUT2D eigenvalue weighted by atomic mass is 19.3. The van der Waals surface area contributed by atoms with Crippen molar-refractivity contribution in [2.75, 3.05) is 0 Å². The average molecular weight is 290 g/mol. The Morgan fingerprint density at radius 1 is 1.30 bits per heavy atom. The highest BCUT2D eigenvalue weighted by Gasteiger charge is 2.26. The topological polar surface area (TPSA) is 18.5 Å². The molecule has 2 rings (SSSR count). The highest BCUT2D eigenvalue weighted by molar-refractivity contribution is 5.65.